The summed E-state index contributed by atoms with van der Waals surface area (Å²) in [5.74, 6) is 0.329. The Morgan fingerprint density at radius 1 is 0.800 bits per heavy atom. The van der Waals surface area contributed by atoms with E-state index < -0.39 is 36.3 Å². The van der Waals surface area contributed by atoms with Gasteiger partial charge in [0.15, 0.2) is 9.84 Å². The van der Waals surface area contributed by atoms with Crippen molar-refractivity contribution in [3.63, 3.8) is 0 Å². The second-order valence-corrected chi connectivity index (χ2v) is 14.4. The highest BCUT2D eigenvalue weighted by Crippen LogP contribution is 2.49. The molecule has 2 N–H and O–H groups in total. The summed E-state index contributed by atoms with van der Waals surface area (Å²) in [7, 11) is -4.25. The van der Waals surface area contributed by atoms with Crippen molar-refractivity contribution in [1.29, 1.82) is 0 Å². The van der Waals surface area contributed by atoms with Crippen LogP contribution in [0.1, 0.15) is 25.5 Å². The topological polar surface area (TPSA) is 178 Å². The zero-order chi connectivity index (χ0) is 25.9. The zero-order valence-electron chi connectivity index (χ0n) is 18.2. The van der Waals surface area contributed by atoms with Crippen LogP contribution in [-0.4, -0.2) is 54.8 Å². The third-order valence-electron chi connectivity index (χ3n) is 6.08. The molecule has 2 aliphatic carbocycles. The number of hydrogen-bond acceptors (Lipinski definition) is 8. The van der Waals surface area contributed by atoms with Gasteiger partial charge in [-0.25, -0.2) is 18.4 Å². The number of imidazole rings is 2. The van der Waals surface area contributed by atoms with Gasteiger partial charge in [0.2, 0.25) is 0 Å². The van der Waals surface area contributed by atoms with Gasteiger partial charge in [0.1, 0.15) is 21.1 Å². The second-order valence-electron chi connectivity index (χ2n) is 8.39. The average Bonchev–Trinajstić information content (AvgIpc) is 3.51. The van der Waals surface area contributed by atoms with E-state index in [1.165, 1.54) is 75.1 Å². The second kappa shape index (κ2) is 8.32. The Morgan fingerprint density at radius 2 is 1.17 bits per heavy atom. The molecule has 15 heteroatoms. The first-order valence-electron chi connectivity index (χ1n) is 9.98. The molecule has 0 bridgehead atoms. The lowest BCUT2D eigenvalue weighted by Crippen LogP contribution is -2.50. The van der Waals surface area contributed by atoms with Crippen molar-refractivity contribution in [1.82, 2.24) is 19.9 Å². The number of aromatic amines is 2. The minimum Gasteiger partial charge on any atom is -0.345 e. The minimum atomic E-state index is -4.25. The van der Waals surface area contributed by atoms with Crippen molar-refractivity contribution in [2.75, 3.05) is 0 Å². The molecule has 184 valence electrons. The van der Waals surface area contributed by atoms with Gasteiger partial charge in [0, 0.05) is 92.0 Å². The largest absolute Gasteiger partial charge is 0.345 e. The number of nitrogens with zero attached hydrogens (tertiary/aromatic N) is 4. The van der Waals surface area contributed by atoms with Crippen LogP contribution in [0.25, 0.3) is 11.1 Å². The Hall–Kier alpha value is -2.41. The third kappa shape index (κ3) is 3.78. The van der Waals surface area contributed by atoms with Crippen LogP contribution in [0.5, 0.6) is 0 Å². The molecular weight excluding hydrogens is 706 g/mol. The molecular formula is C20H18I2N6O6S. The standard InChI is InChI=1S/C20H18I2N6O6S/c1-17(3-5-19(21,27(29)30)13(11-17)15-23-7-8-24-15)35(33,34)18(2)4-6-20(22,28(31)32)14(12-18)16-25-9-10-26-16/h3-12H,1-2H3,(H,23,24)(H,25,26)/t17-,18-,19-,20+/m0/s1. The lowest BCUT2D eigenvalue weighted by molar-refractivity contribution is -0.501. The fourth-order valence-corrected chi connectivity index (χ4v) is 7.19. The molecule has 2 aliphatic rings. The van der Waals surface area contributed by atoms with Gasteiger partial charge in [0.05, 0.1) is 11.1 Å². The van der Waals surface area contributed by atoms with Gasteiger partial charge >= 0.3 is 7.09 Å². The SMILES string of the molecule is C[C@]1(S(=O)(=O)[C@@]2(C)C=C[C@@](I)([N+](=O)[O-])C(c3ncc[nH]3)=C2)C=C[C@](I)([N+](=O)[O-])C(c2ncc[nH]2)=C1. The lowest BCUT2D eigenvalue weighted by Gasteiger charge is -2.38. The van der Waals surface area contributed by atoms with Crippen molar-refractivity contribution < 1.29 is 18.3 Å². The zero-order valence-corrected chi connectivity index (χ0v) is 23.3. The molecule has 4 atom stereocenters. The van der Waals surface area contributed by atoms with Crippen molar-refractivity contribution in [2.45, 2.75) is 30.4 Å². The molecule has 0 radical (unpaired) electrons. The first kappa shape index (κ1) is 25.7. The number of rotatable bonds is 6. The molecule has 0 unspecified atom stereocenters. The van der Waals surface area contributed by atoms with Crippen molar-refractivity contribution in [2.24, 2.45) is 0 Å². The number of sulfone groups is 1. The van der Waals surface area contributed by atoms with Crippen LogP contribution < -0.4 is 0 Å². The van der Waals surface area contributed by atoms with Gasteiger partial charge in [-0.2, -0.15) is 0 Å². The van der Waals surface area contributed by atoms with Gasteiger partial charge in [-0.05, 0) is 26.0 Å². The number of nitro groups is 2. The molecule has 0 spiro atoms. The summed E-state index contributed by atoms with van der Waals surface area (Å²) in [6.45, 7) is 2.85. The Bertz CT molecular complexity index is 1330. The molecule has 0 saturated heterocycles. The summed E-state index contributed by atoms with van der Waals surface area (Å²) in [6.07, 6.45) is 13.5. The smallest absolute Gasteiger partial charge is 0.315 e. The first-order chi connectivity index (χ1) is 16.2. The molecule has 35 heavy (non-hydrogen) atoms. The van der Waals surface area contributed by atoms with Crippen LogP contribution in [0.15, 0.2) is 61.2 Å². The van der Waals surface area contributed by atoms with E-state index in [9.17, 15) is 28.6 Å². The van der Waals surface area contributed by atoms with Gasteiger partial charge < -0.3 is 9.97 Å². The van der Waals surface area contributed by atoms with E-state index >= 15 is 0 Å². The first-order valence-corrected chi connectivity index (χ1v) is 13.6. The summed E-state index contributed by atoms with van der Waals surface area (Å²) < 4.78 is 21.5. The fraction of sp³-hybridized carbons (Fsp3) is 0.300. The number of hydrogen-bond donors (Lipinski definition) is 2. The maximum atomic E-state index is 14.2. The van der Waals surface area contributed by atoms with Gasteiger partial charge in [0.25, 0.3) is 0 Å². The molecule has 2 heterocycles. The number of nitrogens with one attached hydrogen (secondary N) is 2. The molecule has 0 fully saturated rings. The van der Waals surface area contributed by atoms with Crippen molar-refractivity contribution in [3.05, 3.63) is 93.1 Å². The molecule has 4 rings (SSSR count). The monoisotopic (exact) mass is 724 g/mol. The highest BCUT2D eigenvalue weighted by molar-refractivity contribution is 14.1. The lowest BCUT2D eigenvalue weighted by atomic mass is 9.92. The molecule has 0 aromatic carbocycles. The van der Waals surface area contributed by atoms with E-state index in [2.05, 4.69) is 19.9 Å². The van der Waals surface area contributed by atoms with Crippen LogP contribution in [0.2, 0.25) is 0 Å². The van der Waals surface area contributed by atoms with Crippen molar-refractivity contribution in [3.8, 4) is 0 Å². The number of halogens is 2. The van der Waals surface area contributed by atoms with E-state index in [0.717, 1.165) is 0 Å². The molecule has 2 aromatic rings. The van der Waals surface area contributed by atoms with Gasteiger partial charge in [-0.15, -0.1) is 0 Å². The predicted molar refractivity (Wildman–Crippen MR) is 145 cm³/mol. The average molecular weight is 724 g/mol. The van der Waals surface area contributed by atoms with E-state index in [1.54, 1.807) is 45.2 Å². The number of alkyl halides is 2. The van der Waals surface area contributed by atoms with Crippen molar-refractivity contribution >= 4 is 66.2 Å². The van der Waals surface area contributed by atoms with E-state index in [4.69, 9.17) is 0 Å². The minimum absolute atomic E-state index is 0.0776. The molecule has 0 saturated carbocycles. The van der Waals surface area contributed by atoms with E-state index in [1.807, 2.05) is 0 Å². The normalized spacial score (nSPS) is 32.7. The Morgan fingerprint density at radius 3 is 1.46 bits per heavy atom. The third-order valence-corrected chi connectivity index (χ3v) is 11.6. The van der Waals surface area contributed by atoms with Crippen LogP contribution in [0, 0.1) is 20.2 Å². The van der Waals surface area contributed by atoms with E-state index in [-0.39, 0.29) is 22.8 Å². The van der Waals surface area contributed by atoms with Crippen LogP contribution >= 0.6 is 45.2 Å². The van der Waals surface area contributed by atoms with Gasteiger partial charge in [-0.1, -0.05) is 12.2 Å². The quantitative estimate of drug-likeness (QED) is 0.114. The maximum absolute atomic E-state index is 14.2. The van der Waals surface area contributed by atoms with Crippen LogP contribution in [0.3, 0.4) is 0 Å². The molecule has 0 aliphatic heterocycles. The summed E-state index contributed by atoms with van der Waals surface area (Å²) in [6, 6.07) is 0. The highest BCUT2D eigenvalue weighted by atomic mass is 127. The molecule has 2 aromatic heterocycles. The Labute approximate surface area is 226 Å². The summed E-state index contributed by atoms with van der Waals surface area (Å²) in [4.78, 5) is 36.7. The number of aromatic nitrogens is 4. The number of H-pyrrole nitrogens is 2. The summed E-state index contributed by atoms with van der Waals surface area (Å²) in [5, 5.41) is 23.9. The Balaban J connectivity index is 1.91. The fourth-order valence-electron chi connectivity index (χ4n) is 4.02. The molecule has 0 amide bonds. The summed E-state index contributed by atoms with van der Waals surface area (Å²) >= 11 is 3.29. The predicted octanol–water partition coefficient (Wildman–Crippen LogP) is 3.49. The Kier molecular flexibility index (Phi) is 6.11. The summed E-state index contributed by atoms with van der Waals surface area (Å²) in [5.41, 5.74) is 0.155. The van der Waals surface area contributed by atoms with Crippen LogP contribution in [0.4, 0.5) is 0 Å². The highest BCUT2D eigenvalue weighted by Gasteiger charge is 2.57. The molecule has 12 nitrogen and oxygen atoms in total. The van der Waals surface area contributed by atoms with Gasteiger partial charge in [-0.3, -0.25) is 20.2 Å². The van der Waals surface area contributed by atoms with Crippen LogP contribution in [-0.2, 0) is 9.84 Å². The maximum Gasteiger partial charge on any atom is 0.315 e. The van der Waals surface area contributed by atoms with E-state index in [0.29, 0.717) is 0 Å².